The van der Waals surface area contributed by atoms with Crippen molar-refractivity contribution in [3.8, 4) is 16.3 Å². The van der Waals surface area contributed by atoms with Crippen LogP contribution < -0.4 is 20.1 Å². The number of benzene rings is 1. The summed E-state index contributed by atoms with van der Waals surface area (Å²) < 4.78 is 38.9. The zero-order chi connectivity index (χ0) is 38.6. The number of thiazole rings is 1. The molecule has 1 saturated heterocycles. The molecule has 5 atom stereocenters. The number of oxime groups is 1. The quantitative estimate of drug-likeness (QED) is 0.178. The van der Waals surface area contributed by atoms with Crippen molar-refractivity contribution in [2.24, 2.45) is 11.1 Å². The van der Waals surface area contributed by atoms with Crippen LogP contribution in [0.15, 0.2) is 47.1 Å². The Labute approximate surface area is 324 Å². The van der Waals surface area contributed by atoms with E-state index in [-0.39, 0.29) is 25.5 Å². The van der Waals surface area contributed by atoms with E-state index >= 15 is 0 Å². The molecular formula is C38H48N6O9S2. The number of nitrogens with zero attached hydrogens (tertiary/aromatic N) is 3. The number of methoxy groups -OCH3 is 1. The highest BCUT2D eigenvalue weighted by atomic mass is 32.2. The molecule has 4 fully saturated rings. The van der Waals surface area contributed by atoms with Gasteiger partial charge in [-0.3, -0.25) is 19.1 Å². The molecule has 0 bridgehead atoms. The second-order valence-electron chi connectivity index (χ2n) is 15.0. The van der Waals surface area contributed by atoms with Crippen molar-refractivity contribution >= 4 is 51.4 Å². The number of fused-ring (bicyclic) bond motifs is 2. The molecule has 17 heteroatoms. The second kappa shape index (κ2) is 16.7. The minimum absolute atomic E-state index is 0.0276. The maximum Gasteiger partial charge on any atom is 0.408 e. The lowest BCUT2D eigenvalue weighted by atomic mass is 10.0. The number of carbonyl (C=O) groups excluding carboxylic acids is 4. The van der Waals surface area contributed by atoms with Crippen LogP contribution in [0.4, 0.5) is 4.79 Å². The zero-order valence-corrected chi connectivity index (χ0v) is 32.4. The van der Waals surface area contributed by atoms with Crippen molar-refractivity contribution in [3.05, 3.63) is 47.5 Å². The minimum Gasteiger partial charge on any atom is -0.497 e. The summed E-state index contributed by atoms with van der Waals surface area (Å²) in [6.45, 7) is -0.0276. The van der Waals surface area contributed by atoms with Gasteiger partial charge in [0.15, 0.2) is 0 Å². The highest BCUT2D eigenvalue weighted by Gasteiger charge is 2.62. The predicted octanol–water partition coefficient (Wildman–Crippen LogP) is 4.18. The molecule has 7 rings (SSSR count). The topological polar surface area (TPSA) is 195 Å². The molecule has 2 aromatic rings. The average molecular weight is 797 g/mol. The van der Waals surface area contributed by atoms with Crippen molar-refractivity contribution in [3.63, 3.8) is 0 Å². The summed E-state index contributed by atoms with van der Waals surface area (Å²) in [7, 11) is -2.32. The van der Waals surface area contributed by atoms with Crippen LogP contribution in [0.3, 0.4) is 0 Å². The van der Waals surface area contributed by atoms with E-state index in [1.165, 1.54) is 22.5 Å². The number of alkyl carbamates (subject to hydrolysis) is 1. The van der Waals surface area contributed by atoms with Gasteiger partial charge in [-0.05, 0) is 82.4 Å². The van der Waals surface area contributed by atoms with E-state index in [0.717, 1.165) is 49.1 Å². The Bertz CT molecular complexity index is 1910. The number of nitrogens with one attached hydrogen (secondary N) is 3. The number of carbonyl (C=O) groups is 4. The summed E-state index contributed by atoms with van der Waals surface area (Å²) in [6.07, 6.45) is 13.4. The predicted molar refractivity (Wildman–Crippen MR) is 204 cm³/mol. The first-order chi connectivity index (χ1) is 26.6. The molecule has 3 saturated carbocycles. The van der Waals surface area contributed by atoms with Gasteiger partial charge in [-0.2, -0.15) is 0 Å². The summed E-state index contributed by atoms with van der Waals surface area (Å²) in [5, 5.41) is 12.0. The standard InChI is InChI=1S/C38H48N6O9S2/c1-51-27-13-16-30(34-39-17-18-54-34)24(19-27)22-40-53-28-20-32-33(45)42-38(36(47)43-55(49,50)29-14-15-29)21-25(38)9-5-3-2-4-6-12-31(35(46)44(32)23-28)41-37(48)52-26-10-7-8-11-26/h5,9,13,16-19,22,25-26,28-29,31-32H,2-4,6-8,10-12,14-15,20-21,23H2,1H3,(H,41,48)(H,42,45)(H,43,47)/b9-5-,40-22+/t25-,28-,31+,32+,38?/m1/s1. The van der Waals surface area contributed by atoms with Gasteiger partial charge in [0, 0.05) is 35.0 Å². The van der Waals surface area contributed by atoms with Crippen molar-refractivity contribution < 1.29 is 41.9 Å². The van der Waals surface area contributed by atoms with Crippen molar-refractivity contribution in [2.75, 3.05) is 13.7 Å². The smallest absolute Gasteiger partial charge is 0.408 e. The number of hydrogen-bond donors (Lipinski definition) is 3. The lowest BCUT2D eigenvalue weighted by Gasteiger charge is -2.30. The van der Waals surface area contributed by atoms with Crippen molar-refractivity contribution in [1.82, 2.24) is 25.2 Å². The normalized spacial score (nSPS) is 28.3. The molecular weight excluding hydrogens is 749 g/mol. The number of ether oxygens (including phenoxy) is 2. The zero-order valence-electron chi connectivity index (χ0n) is 30.8. The molecule has 1 unspecified atom stereocenters. The van der Waals surface area contributed by atoms with E-state index in [0.29, 0.717) is 43.4 Å². The second-order valence-corrected chi connectivity index (χ2v) is 17.9. The molecule has 55 heavy (non-hydrogen) atoms. The average Bonchev–Trinajstić information content (AvgIpc) is 3.90. The Morgan fingerprint density at radius 3 is 2.62 bits per heavy atom. The number of hydrogen-bond acceptors (Lipinski definition) is 12. The summed E-state index contributed by atoms with van der Waals surface area (Å²) in [4.78, 5) is 67.2. The van der Waals surface area contributed by atoms with Gasteiger partial charge in [0.05, 0.1) is 25.1 Å². The maximum absolute atomic E-state index is 14.4. The highest BCUT2D eigenvalue weighted by molar-refractivity contribution is 7.91. The van der Waals surface area contributed by atoms with E-state index in [4.69, 9.17) is 14.3 Å². The SMILES string of the molecule is COc1ccc(-c2nccs2)c(/C=N/O[C@@H]2C[C@H]3C(=O)NC4(C(=O)NS(=O)(=O)C5CC5)C[C@H]4/C=C\CCCCC[C@H](NC(=O)OC4CCCC4)C(=O)N3C2)c1. The highest BCUT2D eigenvalue weighted by Crippen LogP contribution is 2.46. The molecule has 5 aliphatic rings. The molecule has 3 N–H and O–H groups in total. The Kier molecular flexibility index (Phi) is 11.8. The summed E-state index contributed by atoms with van der Waals surface area (Å²) in [5.74, 6) is -1.71. The number of amides is 4. The van der Waals surface area contributed by atoms with Crippen LogP contribution in [0.25, 0.3) is 10.6 Å². The molecule has 3 heterocycles. The first kappa shape index (κ1) is 38.8. The van der Waals surface area contributed by atoms with Gasteiger partial charge < -0.3 is 29.8 Å². The lowest BCUT2D eigenvalue weighted by molar-refractivity contribution is -0.141. The molecule has 0 spiro atoms. The molecule has 1 aromatic carbocycles. The molecule has 4 amide bonds. The van der Waals surface area contributed by atoms with Gasteiger partial charge >= 0.3 is 6.09 Å². The van der Waals surface area contributed by atoms with Crippen LogP contribution in [-0.4, -0.2) is 97.1 Å². The van der Waals surface area contributed by atoms with Gasteiger partial charge in [-0.1, -0.05) is 30.1 Å². The number of aromatic nitrogens is 1. The number of rotatable bonds is 10. The van der Waals surface area contributed by atoms with Crippen LogP contribution in [0, 0.1) is 5.92 Å². The molecule has 1 aromatic heterocycles. The Morgan fingerprint density at radius 1 is 1.07 bits per heavy atom. The van der Waals surface area contributed by atoms with Gasteiger partial charge in [-0.15, -0.1) is 11.3 Å². The van der Waals surface area contributed by atoms with Crippen LogP contribution in [0.2, 0.25) is 0 Å². The molecule has 296 valence electrons. The minimum atomic E-state index is -3.89. The molecule has 15 nitrogen and oxygen atoms in total. The third-order valence-electron chi connectivity index (χ3n) is 11.0. The van der Waals surface area contributed by atoms with Gasteiger partial charge in [0.1, 0.15) is 40.6 Å². The van der Waals surface area contributed by atoms with E-state index in [1.807, 2.05) is 29.7 Å². The van der Waals surface area contributed by atoms with Crippen LogP contribution in [0.5, 0.6) is 5.75 Å². The third kappa shape index (κ3) is 9.14. The Morgan fingerprint density at radius 2 is 1.87 bits per heavy atom. The fourth-order valence-corrected chi connectivity index (χ4v) is 9.72. The number of sulfonamides is 1. The lowest BCUT2D eigenvalue weighted by Crippen LogP contribution is -2.58. The molecule has 3 aliphatic carbocycles. The maximum atomic E-state index is 14.4. The van der Waals surface area contributed by atoms with Gasteiger partial charge in [-0.25, -0.2) is 18.2 Å². The van der Waals surface area contributed by atoms with E-state index in [2.05, 4.69) is 25.5 Å². The fourth-order valence-electron chi connectivity index (χ4n) is 7.67. The number of allylic oxidation sites excluding steroid dienone is 1. The van der Waals surface area contributed by atoms with Crippen LogP contribution in [-0.2, 0) is 34.0 Å². The largest absolute Gasteiger partial charge is 0.497 e. The monoisotopic (exact) mass is 796 g/mol. The first-order valence-corrected chi connectivity index (χ1v) is 21.6. The third-order valence-corrected chi connectivity index (χ3v) is 13.7. The fraction of sp³-hybridized carbons (Fsp3) is 0.579. The van der Waals surface area contributed by atoms with E-state index < -0.39 is 68.7 Å². The summed E-state index contributed by atoms with van der Waals surface area (Å²) in [5.41, 5.74) is 0.00141. The van der Waals surface area contributed by atoms with Crippen LogP contribution in [0.1, 0.15) is 89.0 Å². The Hall–Kier alpha value is -4.51. The van der Waals surface area contributed by atoms with Crippen LogP contribution >= 0.6 is 11.3 Å². The molecule has 2 aliphatic heterocycles. The Balaban J connectivity index is 1.14. The van der Waals surface area contributed by atoms with Gasteiger partial charge in [0.2, 0.25) is 21.8 Å². The first-order valence-electron chi connectivity index (χ1n) is 19.2. The van der Waals surface area contributed by atoms with E-state index in [9.17, 15) is 27.6 Å². The van der Waals surface area contributed by atoms with Gasteiger partial charge in [0.25, 0.3) is 5.91 Å². The van der Waals surface area contributed by atoms with E-state index in [1.54, 1.807) is 19.4 Å². The van der Waals surface area contributed by atoms with Crippen molar-refractivity contribution in [1.29, 1.82) is 0 Å². The summed E-state index contributed by atoms with van der Waals surface area (Å²) in [6, 6.07) is 3.42. The van der Waals surface area contributed by atoms with Crippen molar-refractivity contribution in [2.45, 2.75) is 119 Å². The molecule has 0 radical (unpaired) electrons. The summed E-state index contributed by atoms with van der Waals surface area (Å²) >= 11 is 1.47.